The van der Waals surface area contributed by atoms with Crippen molar-refractivity contribution in [2.45, 2.75) is 18.6 Å². The van der Waals surface area contributed by atoms with Crippen LogP contribution in [0.1, 0.15) is 27.1 Å². The number of ether oxygens (including phenoxy) is 2. The second-order valence-electron chi connectivity index (χ2n) is 5.42. The molecule has 1 aliphatic heterocycles. The van der Waals surface area contributed by atoms with Crippen molar-refractivity contribution < 1.29 is 24.2 Å². The number of aromatic amines is 1. The van der Waals surface area contributed by atoms with Gasteiger partial charge in [0.15, 0.2) is 0 Å². The molecule has 8 nitrogen and oxygen atoms in total. The van der Waals surface area contributed by atoms with Crippen molar-refractivity contribution in [3.05, 3.63) is 47.8 Å². The lowest BCUT2D eigenvalue weighted by molar-refractivity contribution is -0.0135. The molecule has 2 atom stereocenters. The zero-order chi connectivity index (χ0) is 16.9. The quantitative estimate of drug-likeness (QED) is 0.755. The maximum Gasteiger partial charge on any atom is 0.335 e. The zero-order valence-corrected chi connectivity index (χ0v) is 12.8. The van der Waals surface area contributed by atoms with Crippen molar-refractivity contribution in [3.63, 3.8) is 0 Å². The molecule has 1 aromatic carbocycles. The minimum atomic E-state index is -0.993. The predicted octanol–water partition coefficient (Wildman–Crippen LogP) is 1.07. The lowest BCUT2D eigenvalue weighted by Crippen LogP contribution is -2.51. The van der Waals surface area contributed by atoms with E-state index >= 15 is 0 Å². The van der Waals surface area contributed by atoms with Gasteiger partial charge in [-0.1, -0.05) is 0 Å². The van der Waals surface area contributed by atoms with Crippen LogP contribution in [-0.4, -0.2) is 52.5 Å². The Bertz CT molecular complexity index is 699. The highest BCUT2D eigenvalue weighted by molar-refractivity contribution is 5.93. The molecular weight excluding hydrogens is 314 g/mol. The first kappa shape index (κ1) is 16.0. The van der Waals surface area contributed by atoms with E-state index in [-0.39, 0.29) is 23.6 Å². The summed E-state index contributed by atoms with van der Waals surface area (Å²) in [5.41, 5.74) is 0.637. The number of nitrogens with one attached hydrogen (secondary N) is 2. The van der Waals surface area contributed by atoms with Crippen molar-refractivity contribution in [1.29, 1.82) is 0 Å². The van der Waals surface area contributed by atoms with Gasteiger partial charge < -0.3 is 19.9 Å². The lowest BCUT2D eigenvalue weighted by atomic mass is 10.1. The van der Waals surface area contributed by atoms with Crippen LogP contribution in [0.4, 0.5) is 0 Å². The van der Waals surface area contributed by atoms with Crippen LogP contribution in [0.5, 0.6) is 5.75 Å². The van der Waals surface area contributed by atoms with Gasteiger partial charge in [0.05, 0.1) is 30.0 Å². The number of aromatic nitrogens is 2. The SMILES string of the molecule is O=C(O)c1ccc(O[C@@H]2COCC[C@H]2NC(=O)c2cn[nH]c2)cc1. The molecular formula is C16H17N3O5. The lowest BCUT2D eigenvalue weighted by Gasteiger charge is -2.32. The highest BCUT2D eigenvalue weighted by Gasteiger charge is 2.29. The van der Waals surface area contributed by atoms with Crippen molar-refractivity contribution in [2.75, 3.05) is 13.2 Å². The molecule has 2 aromatic rings. The Morgan fingerprint density at radius 2 is 2.08 bits per heavy atom. The summed E-state index contributed by atoms with van der Waals surface area (Å²) in [5.74, 6) is -0.698. The maximum absolute atomic E-state index is 12.2. The number of amides is 1. The van der Waals surface area contributed by atoms with Crippen LogP contribution >= 0.6 is 0 Å². The van der Waals surface area contributed by atoms with Crippen molar-refractivity contribution in [1.82, 2.24) is 15.5 Å². The summed E-state index contributed by atoms with van der Waals surface area (Å²) < 4.78 is 11.3. The Kier molecular flexibility index (Phi) is 4.76. The van der Waals surface area contributed by atoms with Gasteiger partial charge in [-0.3, -0.25) is 9.89 Å². The summed E-state index contributed by atoms with van der Waals surface area (Å²) in [5, 5.41) is 18.2. The molecule has 8 heteroatoms. The van der Waals surface area contributed by atoms with Gasteiger partial charge in [0.1, 0.15) is 11.9 Å². The smallest absolute Gasteiger partial charge is 0.335 e. The molecule has 1 aliphatic rings. The summed E-state index contributed by atoms with van der Waals surface area (Å²) in [4.78, 5) is 23.0. The second kappa shape index (κ2) is 7.14. The summed E-state index contributed by atoms with van der Waals surface area (Å²) >= 11 is 0. The van der Waals surface area contributed by atoms with E-state index in [0.717, 1.165) is 0 Å². The van der Waals surface area contributed by atoms with Crippen LogP contribution in [0.25, 0.3) is 0 Å². The number of H-pyrrole nitrogens is 1. The van der Waals surface area contributed by atoms with Crippen molar-refractivity contribution in [3.8, 4) is 5.75 Å². The average Bonchev–Trinajstić information content (AvgIpc) is 3.12. The Morgan fingerprint density at radius 3 is 2.75 bits per heavy atom. The molecule has 0 saturated carbocycles. The van der Waals surface area contributed by atoms with Gasteiger partial charge in [-0.25, -0.2) is 4.79 Å². The van der Waals surface area contributed by atoms with Crippen LogP contribution in [-0.2, 0) is 4.74 Å². The zero-order valence-electron chi connectivity index (χ0n) is 12.8. The number of nitrogens with zero attached hydrogens (tertiary/aromatic N) is 1. The van der Waals surface area contributed by atoms with Crippen LogP contribution < -0.4 is 10.1 Å². The molecule has 0 aliphatic carbocycles. The number of aromatic carboxylic acids is 1. The number of carboxylic acids is 1. The third kappa shape index (κ3) is 3.72. The van der Waals surface area contributed by atoms with E-state index in [1.807, 2.05) is 0 Å². The molecule has 24 heavy (non-hydrogen) atoms. The highest BCUT2D eigenvalue weighted by Crippen LogP contribution is 2.19. The fourth-order valence-corrected chi connectivity index (χ4v) is 2.47. The van der Waals surface area contributed by atoms with Crippen LogP contribution in [0.2, 0.25) is 0 Å². The van der Waals surface area contributed by atoms with E-state index in [0.29, 0.717) is 30.9 Å². The average molecular weight is 331 g/mol. The molecule has 1 fully saturated rings. The monoisotopic (exact) mass is 331 g/mol. The summed E-state index contributed by atoms with van der Waals surface area (Å²) in [6, 6.07) is 5.92. The Morgan fingerprint density at radius 1 is 1.29 bits per heavy atom. The molecule has 0 radical (unpaired) electrons. The molecule has 126 valence electrons. The van der Waals surface area contributed by atoms with Gasteiger partial charge in [0.2, 0.25) is 0 Å². The van der Waals surface area contributed by atoms with Crippen LogP contribution in [0, 0.1) is 0 Å². The summed E-state index contributed by atoms with van der Waals surface area (Å²) in [7, 11) is 0. The first-order valence-corrected chi connectivity index (χ1v) is 7.51. The topological polar surface area (TPSA) is 114 Å². The molecule has 1 saturated heterocycles. The minimum Gasteiger partial charge on any atom is -0.486 e. The first-order chi connectivity index (χ1) is 11.6. The van der Waals surface area contributed by atoms with E-state index in [9.17, 15) is 9.59 Å². The van der Waals surface area contributed by atoms with Gasteiger partial charge in [-0.2, -0.15) is 5.10 Å². The fraction of sp³-hybridized carbons (Fsp3) is 0.312. The largest absolute Gasteiger partial charge is 0.486 e. The number of hydrogen-bond donors (Lipinski definition) is 3. The fourth-order valence-electron chi connectivity index (χ4n) is 2.47. The third-order valence-electron chi connectivity index (χ3n) is 3.77. The summed E-state index contributed by atoms with van der Waals surface area (Å²) in [6.07, 6.45) is 3.25. The minimum absolute atomic E-state index is 0.187. The molecule has 0 bridgehead atoms. The Balaban J connectivity index is 1.65. The highest BCUT2D eigenvalue weighted by atomic mass is 16.5. The molecule has 3 rings (SSSR count). The van der Waals surface area contributed by atoms with E-state index in [1.54, 1.807) is 12.1 Å². The maximum atomic E-state index is 12.2. The molecule has 0 spiro atoms. The van der Waals surface area contributed by atoms with Crippen LogP contribution in [0.3, 0.4) is 0 Å². The van der Waals surface area contributed by atoms with Gasteiger partial charge in [0, 0.05) is 12.8 Å². The van der Waals surface area contributed by atoms with E-state index in [2.05, 4.69) is 15.5 Å². The number of carboxylic acid groups (broad SMARTS) is 1. The Hall–Kier alpha value is -2.87. The van der Waals surface area contributed by atoms with Gasteiger partial charge in [-0.15, -0.1) is 0 Å². The number of rotatable bonds is 5. The van der Waals surface area contributed by atoms with E-state index < -0.39 is 5.97 Å². The van der Waals surface area contributed by atoms with Crippen LogP contribution in [0.15, 0.2) is 36.7 Å². The molecule has 0 unspecified atom stereocenters. The Labute approximate surface area is 137 Å². The van der Waals surface area contributed by atoms with Gasteiger partial charge >= 0.3 is 5.97 Å². The summed E-state index contributed by atoms with van der Waals surface area (Å²) in [6.45, 7) is 0.880. The first-order valence-electron chi connectivity index (χ1n) is 7.51. The van der Waals surface area contributed by atoms with E-state index in [1.165, 1.54) is 24.5 Å². The molecule has 1 amide bonds. The predicted molar refractivity (Wildman–Crippen MR) is 83.1 cm³/mol. The molecule has 2 heterocycles. The third-order valence-corrected chi connectivity index (χ3v) is 3.77. The van der Waals surface area contributed by atoms with E-state index in [4.69, 9.17) is 14.6 Å². The van der Waals surface area contributed by atoms with Crippen molar-refractivity contribution >= 4 is 11.9 Å². The van der Waals surface area contributed by atoms with Gasteiger partial charge in [-0.05, 0) is 30.7 Å². The van der Waals surface area contributed by atoms with Gasteiger partial charge in [0.25, 0.3) is 5.91 Å². The number of carbonyl (C=O) groups is 2. The molecule has 1 aromatic heterocycles. The molecule has 3 N–H and O–H groups in total. The normalized spacial score (nSPS) is 20.3. The van der Waals surface area contributed by atoms with Crippen molar-refractivity contribution in [2.24, 2.45) is 0 Å². The number of benzene rings is 1. The number of hydrogen-bond acceptors (Lipinski definition) is 5. The second-order valence-corrected chi connectivity index (χ2v) is 5.42. The number of carbonyl (C=O) groups excluding carboxylic acids is 1. The standard InChI is InChI=1S/C16H17N3O5/c20-15(11-7-17-18-8-11)19-13-5-6-23-9-14(13)24-12-3-1-10(2-4-12)16(21)22/h1-4,7-8,13-14H,5-6,9H2,(H,17,18)(H,19,20)(H,21,22)/t13-,14-/m1/s1.